The number of carbonyl (C=O) groups excluding carboxylic acids is 2. The maximum absolute atomic E-state index is 13.5. The van der Waals surface area contributed by atoms with Crippen molar-refractivity contribution in [2.45, 2.75) is 64.4 Å². The van der Waals surface area contributed by atoms with Gasteiger partial charge in [0.1, 0.15) is 5.69 Å². The fourth-order valence-corrected chi connectivity index (χ4v) is 5.53. The van der Waals surface area contributed by atoms with Gasteiger partial charge in [-0.25, -0.2) is 4.98 Å². The molecule has 1 fully saturated rings. The van der Waals surface area contributed by atoms with E-state index in [-0.39, 0.29) is 34.5 Å². The van der Waals surface area contributed by atoms with Gasteiger partial charge in [-0.2, -0.15) is 18.3 Å². The summed E-state index contributed by atoms with van der Waals surface area (Å²) in [6.45, 7) is 3.83. The maximum Gasteiger partial charge on any atom is 0.433 e. The minimum atomic E-state index is -4.72. The van der Waals surface area contributed by atoms with Crippen molar-refractivity contribution in [1.29, 1.82) is 0 Å². The van der Waals surface area contributed by atoms with Crippen LogP contribution in [0.1, 0.15) is 69.0 Å². The summed E-state index contributed by atoms with van der Waals surface area (Å²) in [5, 5.41) is 20.3. The molecule has 0 unspecified atom stereocenters. The molecule has 1 aliphatic rings. The van der Waals surface area contributed by atoms with E-state index in [2.05, 4.69) is 36.6 Å². The predicted octanol–water partition coefficient (Wildman–Crippen LogP) is 6.16. The molecule has 0 saturated heterocycles. The van der Waals surface area contributed by atoms with Gasteiger partial charge >= 0.3 is 6.18 Å². The maximum atomic E-state index is 13.5. The van der Waals surface area contributed by atoms with E-state index in [0.717, 1.165) is 24.5 Å². The smallest absolute Gasteiger partial charge is 0.393 e. The number of pyridine rings is 1. The van der Waals surface area contributed by atoms with Gasteiger partial charge in [0, 0.05) is 21.5 Å². The van der Waals surface area contributed by atoms with Gasteiger partial charge in [0.2, 0.25) is 0 Å². The second-order valence-corrected chi connectivity index (χ2v) is 11.5. The highest BCUT2D eigenvalue weighted by molar-refractivity contribution is 9.10. The number of fused-ring (bicyclic) bond motifs is 1. The highest BCUT2D eigenvalue weighted by Gasteiger charge is 2.34. The van der Waals surface area contributed by atoms with Crippen molar-refractivity contribution in [2.24, 2.45) is 0 Å². The van der Waals surface area contributed by atoms with E-state index in [1.165, 1.54) is 6.07 Å². The Morgan fingerprint density at radius 3 is 2.38 bits per heavy atom. The fraction of sp³-hybridized carbons (Fsp3) is 0.333. The first-order valence-corrected chi connectivity index (χ1v) is 14.3. The van der Waals surface area contributed by atoms with Crippen LogP contribution in [0.3, 0.4) is 0 Å². The van der Waals surface area contributed by atoms with Gasteiger partial charge in [0.25, 0.3) is 11.8 Å². The fourth-order valence-electron chi connectivity index (χ4n) is 5.17. The summed E-state index contributed by atoms with van der Waals surface area (Å²) < 4.78 is 42.9. The monoisotopic (exact) mass is 643 g/mol. The van der Waals surface area contributed by atoms with Gasteiger partial charge in [-0.05, 0) is 81.5 Å². The standard InChI is InChI=1S/C30H29BrF3N5O3/c1-16-27(37-29(42)24-14-26(30(32,33)34)36-25-12-7-20(31)13-23(24)25)17(2)39(38-16)15-18-3-5-19(6-4-18)28(41)35-21-8-10-22(40)11-9-21/h3-7,12-14,21-22,40H,8-11,15H2,1-2H3,(H,35,41)(H,37,42)/t21-,22+. The van der Waals surface area contributed by atoms with Crippen LogP contribution in [0.4, 0.5) is 18.9 Å². The molecule has 8 nitrogen and oxygen atoms in total. The molecule has 0 aliphatic heterocycles. The number of carbonyl (C=O) groups is 2. The number of amides is 2. The van der Waals surface area contributed by atoms with Crippen molar-refractivity contribution < 1.29 is 27.9 Å². The first kappa shape index (κ1) is 29.7. The molecule has 2 aromatic heterocycles. The van der Waals surface area contributed by atoms with E-state index in [1.54, 1.807) is 42.8 Å². The van der Waals surface area contributed by atoms with Crippen LogP contribution in [0.15, 0.2) is 53.0 Å². The van der Waals surface area contributed by atoms with E-state index in [0.29, 0.717) is 46.5 Å². The number of halogens is 4. The van der Waals surface area contributed by atoms with E-state index < -0.39 is 17.8 Å². The number of aromatic nitrogens is 3. The zero-order valence-corrected chi connectivity index (χ0v) is 24.5. The molecule has 2 aromatic carbocycles. The Labute approximate surface area is 248 Å². The van der Waals surface area contributed by atoms with E-state index in [1.807, 2.05) is 12.1 Å². The highest BCUT2D eigenvalue weighted by Crippen LogP contribution is 2.33. The second kappa shape index (κ2) is 11.8. The lowest BCUT2D eigenvalue weighted by molar-refractivity contribution is -0.141. The molecule has 0 atom stereocenters. The average Bonchev–Trinajstić information content (AvgIpc) is 3.20. The molecule has 1 aliphatic carbocycles. The van der Waals surface area contributed by atoms with Gasteiger partial charge in [0.15, 0.2) is 0 Å². The van der Waals surface area contributed by atoms with Crippen molar-refractivity contribution in [2.75, 3.05) is 5.32 Å². The van der Waals surface area contributed by atoms with E-state index >= 15 is 0 Å². The molecule has 2 amide bonds. The number of alkyl halides is 3. The molecule has 220 valence electrons. The molecule has 42 heavy (non-hydrogen) atoms. The van der Waals surface area contributed by atoms with Gasteiger partial charge in [-0.3, -0.25) is 14.3 Å². The zero-order chi connectivity index (χ0) is 30.2. The van der Waals surface area contributed by atoms with Crippen molar-refractivity contribution in [3.63, 3.8) is 0 Å². The number of aliphatic hydroxyl groups is 1. The first-order valence-electron chi connectivity index (χ1n) is 13.5. The van der Waals surface area contributed by atoms with Crippen molar-refractivity contribution in [1.82, 2.24) is 20.1 Å². The van der Waals surface area contributed by atoms with E-state index in [9.17, 15) is 27.9 Å². The lowest BCUT2D eigenvalue weighted by atomic mass is 9.93. The van der Waals surface area contributed by atoms with Crippen molar-refractivity contribution in [3.8, 4) is 0 Å². The topological polar surface area (TPSA) is 109 Å². The van der Waals surface area contributed by atoms with Crippen LogP contribution >= 0.6 is 15.9 Å². The molecule has 0 radical (unpaired) electrons. The average molecular weight is 644 g/mol. The van der Waals surface area contributed by atoms with E-state index in [4.69, 9.17) is 0 Å². The van der Waals surface area contributed by atoms with Crippen LogP contribution in [-0.2, 0) is 12.7 Å². The molecule has 2 heterocycles. The van der Waals surface area contributed by atoms with Gasteiger partial charge in [0.05, 0.1) is 40.8 Å². The summed E-state index contributed by atoms with van der Waals surface area (Å²) in [5.74, 6) is -0.872. The number of hydrogen-bond acceptors (Lipinski definition) is 5. The summed E-state index contributed by atoms with van der Waals surface area (Å²) in [4.78, 5) is 29.7. The Hall–Kier alpha value is -3.77. The Morgan fingerprint density at radius 1 is 1.02 bits per heavy atom. The molecular weight excluding hydrogens is 615 g/mol. The lowest BCUT2D eigenvalue weighted by Gasteiger charge is -2.26. The molecule has 4 aromatic rings. The third-order valence-corrected chi connectivity index (χ3v) is 8.00. The normalized spacial score (nSPS) is 17.3. The van der Waals surface area contributed by atoms with Crippen LogP contribution in [-0.4, -0.2) is 43.8 Å². The van der Waals surface area contributed by atoms with Gasteiger partial charge < -0.3 is 15.7 Å². The molecule has 0 spiro atoms. The molecule has 12 heteroatoms. The summed E-state index contributed by atoms with van der Waals surface area (Å²) in [6, 6.07) is 12.5. The van der Waals surface area contributed by atoms with Crippen molar-refractivity contribution in [3.05, 3.63) is 86.8 Å². The van der Waals surface area contributed by atoms with Gasteiger partial charge in [-0.1, -0.05) is 28.1 Å². The van der Waals surface area contributed by atoms with Crippen LogP contribution in [0.2, 0.25) is 0 Å². The summed E-state index contributed by atoms with van der Waals surface area (Å²) in [5.41, 5.74) is 1.68. The first-order chi connectivity index (χ1) is 19.9. The van der Waals surface area contributed by atoms with Crippen LogP contribution in [0, 0.1) is 13.8 Å². The third kappa shape index (κ3) is 6.49. The molecule has 3 N–H and O–H groups in total. The molecule has 5 rings (SSSR count). The second-order valence-electron chi connectivity index (χ2n) is 10.5. The Balaban J connectivity index is 1.32. The number of nitrogens with one attached hydrogen (secondary N) is 2. The number of benzene rings is 2. The number of aliphatic hydroxyl groups excluding tert-OH is 1. The van der Waals surface area contributed by atoms with Gasteiger partial charge in [-0.15, -0.1) is 0 Å². The Bertz CT molecular complexity index is 1640. The summed E-state index contributed by atoms with van der Waals surface area (Å²) in [7, 11) is 0. The number of nitrogens with zero attached hydrogens (tertiary/aromatic N) is 3. The zero-order valence-electron chi connectivity index (χ0n) is 22.9. The largest absolute Gasteiger partial charge is 0.433 e. The summed E-state index contributed by atoms with van der Waals surface area (Å²) >= 11 is 3.31. The van der Waals surface area contributed by atoms with Crippen LogP contribution in [0.5, 0.6) is 0 Å². The van der Waals surface area contributed by atoms with Crippen LogP contribution in [0.25, 0.3) is 10.9 Å². The Kier molecular flexibility index (Phi) is 8.38. The molecule has 1 saturated carbocycles. The predicted molar refractivity (Wildman–Crippen MR) is 155 cm³/mol. The Morgan fingerprint density at radius 2 is 1.71 bits per heavy atom. The van der Waals surface area contributed by atoms with Crippen molar-refractivity contribution >= 4 is 44.3 Å². The minimum absolute atomic E-state index is 0.0515. The number of hydrogen-bond donors (Lipinski definition) is 3. The SMILES string of the molecule is Cc1nn(Cc2ccc(C(=O)N[C@H]3CC[C@@H](O)CC3)cc2)c(C)c1NC(=O)c1cc(C(F)(F)F)nc2ccc(Br)cc12. The molecular formula is C30H29BrF3N5O3. The van der Waals surface area contributed by atoms with Crippen LogP contribution < -0.4 is 10.6 Å². The summed E-state index contributed by atoms with van der Waals surface area (Å²) in [6.07, 6.45) is -2.15. The third-order valence-electron chi connectivity index (χ3n) is 7.51. The lowest BCUT2D eigenvalue weighted by Crippen LogP contribution is -2.38. The minimum Gasteiger partial charge on any atom is -0.393 e. The number of rotatable bonds is 6. The number of anilines is 1. The highest BCUT2D eigenvalue weighted by atomic mass is 79.9. The number of aryl methyl sites for hydroxylation is 1. The quantitative estimate of drug-likeness (QED) is 0.233. The molecule has 0 bridgehead atoms.